The van der Waals surface area contributed by atoms with Crippen LogP contribution in [0.3, 0.4) is 0 Å². The van der Waals surface area contributed by atoms with E-state index >= 15 is 0 Å². The van der Waals surface area contributed by atoms with Crippen LogP contribution in [-0.4, -0.2) is 71.7 Å². The lowest BCUT2D eigenvalue weighted by Crippen LogP contribution is -2.52. The number of halogens is 3. The van der Waals surface area contributed by atoms with Crippen molar-refractivity contribution in [1.29, 1.82) is 0 Å². The van der Waals surface area contributed by atoms with Gasteiger partial charge >= 0.3 is 0 Å². The first-order chi connectivity index (χ1) is 13.3. The number of carbonyl (C=O) groups excluding carboxylic acids is 3. The minimum atomic E-state index is -1.67. The third-order valence-corrected chi connectivity index (χ3v) is 5.43. The summed E-state index contributed by atoms with van der Waals surface area (Å²) in [7, 11) is 0. The maximum atomic E-state index is 13.9. The second-order valence-corrected chi connectivity index (χ2v) is 7.12. The van der Waals surface area contributed by atoms with E-state index in [1.807, 2.05) is 0 Å². The molecule has 0 aromatic heterocycles. The van der Waals surface area contributed by atoms with E-state index in [1.165, 1.54) is 11.8 Å². The Morgan fingerprint density at radius 2 is 1.39 bits per heavy atom. The molecule has 0 unspecified atom stereocenters. The van der Waals surface area contributed by atoms with E-state index < -0.39 is 28.9 Å². The van der Waals surface area contributed by atoms with E-state index in [2.05, 4.69) is 0 Å². The molecule has 2 saturated heterocycles. The average molecular weight is 397 g/mol. The van der Waals surface area contributed by atoms with Crippen LogP contribution >= 0.6 is 0 Å². The van der Waals surface area contributed by atoms with Crippen LogP contribution in [-0.2, 0) is 9.59 Å². The van der Waals surface area contributed by atoms with Gasteiger partial charge in [0, 0.05) is 52.1 Å². The van der Waals surface area contributed by atoms with Crippen LogP contribution in [0.4, 0.5) is 13.2 Å². The molecule has 0 atom stereocenters. The maximum Gasteiger partial charge on any atom is 0.256 e. The van der Waals surface area contributed by atoms with Gasteiger partial charge in [0.1, 0.15) is 0 Å². The molecule has 0 radical (unpaired) electrons. The van der Waals surface area contributed by atoms with Gasteiger partial charge in [-0.3, -0.25) is 14.4 Å². The van der Waals surface area contributed by atoms with Gasteiger partial charge in [-0.15, -0.1) is 0 Å². The fraction of sp³-hybridized carbons (Fsp3) is 0.526. The summed E-state index contributed by atoms with van der Waals surface area (Å²) in [6.45, 7) is 3.96. The molecule has 3 rings (SSSR count). The van der Waals surface area contributed by atoms with Gasteiger partial charge in [0.05, 0.1) is 5.56 Å². The average Bonchev–Trinajstić information content (AvgIpc) is 2.71. The number of nitrogens with zero attached hydrogens (tertiary/aromatic N) is 3. The Bertz CT molecular complexity index is 786. The predicted octanol–water partition coefficient (Wildman–Crippen LogP) is 1.65. The number of benzene rings is 1. The van der Waals surface area contributed by atoms with E-state index in [4.69, 9.17) is 0 Å². The summed E-state index contributed by atoms with van der Waals surface area (Å²) < 4.78 is 40.3. The zero-order valence-corrected chi connectivity index (χ0v) is 15.6. The van der Waals surface area contributed by atoms with Gasteiger partial charge in [0.25, 0.3) is 5.91 Å². The molecule has 2 fully saturated rings. The molecule has 0 aliphatic carbocycles. The van der Waals surface area contributed by atoms with Crippen molar-refractivity contribution >= 4 is 17.7 Å². The highest BCUT2D eigenvalue weighted by Gasteiger charge is 2.33. The van der Waals surface area contributed by atoms with Crippen LogP contribution in [0.2, 0.25) is 0 Å². The molecule has 0 spiro atoms. The van der Waals surface area contributed by atoms with Crippen molar-refractivity contribution in [2.45, 2.75) is 19.8 Å². The van der Waals surface area contributed by atoms with Crippen LogP contribution in [0.5, 0.6) is 0 Å². The predicted molar refractivity (Wildman–Crippen MR) is 93.8 cm³/mol. The highest BCUT2D eigenvalue weighted by atomic mass is 19.2. The highest BCUT2D eigenvalue weighted by molar-refractivity contribution is 5.94. The van der Waals surface area contributed by atoms with Crippen molar-refractivity contribution < 1.29 is 27.6 Å². The summed E-state index contributed by atoms with van der Waals surface area (Å²) in [5, 5.41) is 0. The SMILES string of the molecule is CC(=O)N1CCN(C(=O)C2CCN(C(=O)c3ccc(F)c(F)c3F)CC2)CC1. The summed E-state index contributed by atoms with van der Waals surface area (Å²) in [5.74, 6) is -5.48. The second-order valence-electron chi connectivity index (χ2n) is 7.12. The Morgan fingerprint density at radius 1 is 0.821 bits per heavy atom. The Morgan fingerprint density at radius 3 is 1.96 bits per heavy atom. The summed E-state index contributed by atoms with van der Waals surface area (Å²) >= 11 is 0. The molecular formula is C19H22F3N3O3. The molecule has 0 saturated carbocycles. The third-order valence-electron chi connectivity index (χ3n) is 5.43. The number of piperidine rings is 1. The van der Waals surface area contributed by atoms with E-state index in [-0.39, 0.29) is 30.8 Å². The molecule has 6 nitrogen and oxygen atoms in total. The van der Waals surface area contributed by atoms with Crippen molar-refractivity contribution in [2.75, 3.05) is 39.3 Å². The smallest absolute Gasteiger partial charge is 0.256 e. The lowest BCUT2D eigenvalue weighted by molar-refractivity contribution is -0.142. The quantitative estimate of drug-likeness (QED) is 0.713. The molecule has 28 heavy (non-hydrogen) atoms. The minimum Gasteiger partial charge on any atom is -0.339 e. The van der Waals surface area contributed by atoms with Crippen molar-refractivity contribution in [2.24, 2.45) is 5.92 Å². The summed E-state index contributed by atoms with van der Waals surface area (Å²) in [6, 6.07) is 1.66. The van der Waals surface area contributed by atoms with Crippen LogP contribution in [0.15, 0.2) is 12.1 Å². The number of likely N-dealkylation sites (tertiary alicyclic amines) is 1. The van der Waals surface area contributed by atoms with Crippen molar-refractivity contribution in [1.82, 2.24) is 14.7 Å². The number of hydrogen-bond acceptors (Lipinski definition) is 3. The first-order valence-corrected chi connectivity index (χ1v) is 9.26. The van der Waals surface area contributed by atoms with E-state index in [1.54, 1.807) is 9.80 Å². The molecular weight excluding hydrogens is 375 g/mol. The molecule has 9 heteroatoms. The zero-order valence-electron chi connectivity index (χ0n) is 15.6. The fourth-order valence-corrected chi connectivity index (χ4v) is 3.69. The van der Waals surface area contributed by atoms with Gasteiger partial charge in [-0.05, 0) is 25.0 Å². The first kappa shape index (κ1) is 20.2. The highest BCUT2D eigenvalue weighted by Crippen LogP contribution is 2.24. The van der Waals surface area contributed by atoms with Crippen molar-refractivity contribution in [3.05, 3.63) is 35.1 Å². The molecule has 1 aromatic carbocycles. The van der Waals surface area contributed by atoms with Gasteiger partial charge in [0.2, 0.25) is 11.8 Å². The van der Waals surface area contributed by atoms with Gasteiger partial charge in [-0.25, -0.2) is 13.2 Å². The molecule has 0 bridgehead atoms. The van der Waals surface area contributed by atoms with Crippen molar-refractivity contribution in [3.63, 3.8) is 0 Å². The van der Waals surface area contributed by atoms with Gasteiger partial charge in [0.15, 0.2) is 17.5 Å². The number of carbonyl (C=O) groups is 3. The zero-order chi connectivity index (χ0) is 20.4. The van der Waals surface area contributed by atoms with E-state index in [0.29, 0.717) is 39.0 Å². The normalized spacial score (nSPS) is 18.4. The molecule has 0 N–H and O–H groups in total. The number of rotatable bonds is 2. The van der Waals surface area contributed by atoms with Gasteiger partial charge in [-0.1, -0.05) is 0 Å². The largest absolute Gasteiger partial charge is 0.339 e. The van der Waals surface area contributed by atoms with Crippen LogP contribution < -0.4 is 0 Å². The minimum absolute atomic E-state index is 0.00527. The summed E-state index contributed by atoms with van der Waals surface area (Å²) in [6.07, 6.45) is 0.839. The van der Waals surface area contributed by atoms with Gasteiger partial charge < -0.3 is 14.7 Å². The number of piperazine rings is 1. The monoisotopic (exact) mass is 397 g/mol. The molecule has 2 heterocycles. The Kier molecular flexibility index (Phi) is 5.90. The lowest BCUT2D eigenvalue weighted by atomic mass is 9.94. The van der Waals surface area contributed by atoms with Crippen LogP contribution in [0.1, 0.15) is 30.1 Å². The van der Waals surface area contributed by atoms with Crippen LogP contribution in [0, 0.1) is 23.4 Å². The third kappa shape index (κ3) is 3.98. The summed E-state index contributed by atoms with van der Waals surface area (Å²) in [5.41, 5.74) is -0.510. The Balaban J connectivity index is 1.56. The Hall–Kier alpha value is -2.58. The van der Waals surface area contributed by atoms with Crippen LogP contribution in [0.25, 0.3) is 0 Å². The molecule has 1 aromatic rings. The molecule has 152 valence electrons. The number of amides is 3. The standard InChI is InChI=1S/C19H22F3N3O3/c1-12(26)23-8-10-25(11-9-23)18(27)13-4-6-24(7-5-13)19(28)14-2-3-15(20)17(22)16(14)21/h2-3,13H,4-11H2,1H3. The van der Waals surface area contributed by atoms with Crippen molar-refractivity contribution in [3.8, 4) is 0 Å². The second kappa shape index (κ2) is 8.20. The summed E-state index contributed by atoms with van der Waals surface area (Å²) in [4.78, 5) is 41.3. The number of hydrogen-bond donors (Lipinski definition) is 0. The maximum absolute atomic E-state index is 13.9. The van der Waals surface area contributed by atoms with E-state index in [0.717, 1.165) is 12.1 Å². The fourth-order valence-electron chi connectivity index (χ4n) is 3.69. The Labute approximate surface area is 160 Å². The van der Waals surface area contributed by atoms with E-state index in [9.17, 15) is 27.6 Å². The molecule has 2 aliphatic rings. The topological polar surface area (TPSA) is 60.9 Å². The molecule has 3 amide bonds. The first-order valence-electron chi connectivity index (χ1n) is 9.26. The lowest BCUT2D eigenvalue weighted by Gasteiger charge is -2.38. The molecule has 2 aliphatic heterocycles. The van der Waals surface area contributed by atoms with Gasteiger partial charge in [-0.2, -0.15) is 0 Å².